The topological polar surface area (TPSA) is 61.9 Å². The van der Waals surface area contributed by atoms with E-state index in [0.29, 0.717) is 12.5 Å². The molecule has 6 nitrogen and oxygen atoms in total. The molecule has 0 spiro atoms. The van der Waals surface area contributed by atoms with Crippen molar-refractivity contribution >= 4 is 29.0 Å². The lowest BCUT2D eigenvalue weighted by Crippen LogP contribution is -2.37. The molecule has 1 N–H and O–H groups in total. The maximum Gasteiger partial charge on any atom is 0.293 e. The van der Waals surface area contributed by atoms with Crippen LogP contribution in [0.2, 0.25) is 0 Å². The van der Waals surface area contributed by atoms with Gasteiger partial charge in [-0.15, -0.1) is 0 Å². The normalized spacial score (nSPS) is 23.6. The van der Waals surface area contributed by atoms with Crippen molar-refractivity contribution in [1.29, 1.82) is 0 Å². The van der Waals surface area contributed by atoms with Crippen LogP contribution in [0.4, 0.5) is 11.4 Å². The molecule has 0 aromatic heterocycles. The Kier molecular flexibility index (Phi) is 5.64. The van der Waals surface area contributed by atoms with E-state index in [-0.39, 0.29) is 5.60 Å². The highest BCUT2D eigenvalue weighted by molar-refractivity contribution is 7.88. The van der Waals surface area contributed by atoms with Crippen molar-refractivity contribution in [1.82, 2.24) is 4.90 Å². The van der Waals surface area contributed by atoms with Crippen molar-refractivity contribution in [3.05, 3.63) is 24.3 Å². The van der Waals surface area contributed by atoms with Gasteiger partial charge in [0.2, 0.25) is 11.2 Å². The number of carbonyl (C=O) groups is 1. The fourth-order valence-electron chi connectivity index (χ4n) is 2.56. The molecule has 2 heterocycles. The van der Waals surface area contributed by atoms with Crippen LogP contribution >= 0.6 is 0 Å². The van der Waals surface area contributed by atoms with Gasteiger partial charge in [-0.25, -0.2) is 4.21 Å². The summed E-state index contributed by atoms with van der Waals surface area (Å²) in [6.45, 7) is 7.99. The van der Waals surface area contributed by atoms with Gasteiger partial charge < -0.3 is 9.64 Å². The summed E-state index contributed by atoms with van der Waals surface area (Å²) in [5, 5.41) is 0. The summed E-state index contributed by atoms with van der Waals surface area (Å²) in [4.78, 5) is 11.9. The zero-order valence-electron chi connectivity index (χ0n) is 14.1. The molecule has 0 aliphatic carbocycles. The first-order valence-corrected chi connectivity index (χ1v) is 8.79. The number of likely N-dealkylation sites (tertiary alicyclic amines) is 1. The van der Waals surface area contributed by atoms with E-state index >= 15 is 0 Å². The molecule has 1 aromatic carbocycles. The van der Waals surface area contributed by atoms with Gasteiger partial charge in [-0.3, -0.25) is 13.8 Å². The number of anilines is 2. The number of fused-ring (bicyclic) bond motifs is 1. The molecule has 0 saturated carbocycles. The maximum atomic E-state index is 12.0. The predicted octanol–water partition coefficient (Wildman–Crippen LogP) is 2.16. The quantitative estimate of drug-likeness (QED) is 0.839. The number of ether oxygens (including phenoxy) is 1. The lowest BCUT2D eigenvalue weighted by molar-refractivity contribution is -0.138. The van der Waals surface area contributed by atoms with Gasteiger partial charge in [-0.2, -0.15) is 0 Å². The van der Waals surface area contributed by atoms with Crippen LogP contribution in [0.5, 0.6) is 0 Å². The molecule has 1 saturated heterocycles. The van der Waals surface area contributed by atoms with Crippen LogP contribution < -0.4 is 9.03 Å². The highest BCUT2D eigenvalue weighted by atomic mass is 32.2. The fraction of sp³-hybridized carbons (Fsp3) is 0.562. The molecule has 3 rings (SSSR count). The number of nitrogens with zero attached hydrogens (tertiary/aromatic N) is 2. The Morgan fingerprint density at radius 3 is 2.57 bits per heavy atom. The average molecular weight is 339 g/mol. The average Bonchev–Trinajstić information content (AvgIpc) is 3.00. The van der Waals surface area contributed by atoms with E-state index < -0.39 is 11.2 Å². The second-order valence-corrected chi connectivity index (χ2v) is 7.82. The molecular weight excluding hydrogens is 314 g/mol. The summed E-state index contributed by atoms with van der Waals surface area (Å²) in [7, 11) is 2.11. The largest absolute Gasteiger partial charge is 0.462 e. The van der Waals surface area contributed by atoms with E-state index in [1.165, 1.54) is 0 Å². The number of rotatable bonds is 2. The molecular formula is C16H25N3O3S. The van der Waals surface area contributed by atoms with Gasteiger partial charge in [-0.05, 0) is 52.9 Å². The zero-order chi connectivity index (χ0) is 17.0. The number of para-hydroxylation sites is 2. The van der Waals surface area contributed by atoms with Gasteiger partial charge in [-0.1, -0.05) is 12.1 Å². The molecule has 7 heteroatoms. The van der Waals surface area contributed by atoms with Crippen molar-refractivity contribution < 1.29 is 13.7 Å². The molecule has 2 aliphatic rings. The summed E-state index contributed by atoms with van der Waals surface area (Å²) in [5.74, 6) is 0. The Bertz CT molecular complexity index is 574. The Labute approximate surface area is 140 Å². The molecule has 0 bridgehead atoms. The SMILES string of the molecule is CC(C)(C)OC=O.CN1CCC(N2c3ccccc3NS2=O)C1. The van der Waals surface area contributed by atoms with Crippen molar-refractivity contribution in [2.24, 2.45) is 0 Å². The van der Waals surface area contributed by atoms with Gasteiger partial charge in [0.1, 0.15) is 5.60 Å². The minimum absolute atomic E-state index is 0.318. The number of hydrogen-bond acceptors (Lipinski definition) is 4. The van der Waals surface area contributed by atoms with Crippen LogP contribution in [-0.2, 0) is 20.7 Å². The van der Waals surface area contributed by atoms with Crippen LogP contribution in [-0.4, -0.2) is 47.4 Å². The molecule has 1 aromatic rings. The van der Waals surface area contributed by atoms with E-state index in [0.717, 1.165) is 30.9 Å². The first-order valence-electron chi connectivity index (χ1n) is 7.68. The lowest BCUT2D eigenvalue weighted by Gasteiger charge is -2.23. The van der Waals surface area contributed by atoms with E-state index in [9.17, 15) is 9.00 Å². The van der Waals surface area contributed by atoms with Crippen LogP contribution in [0, 0.1) is 0 Å². The van der Waals surface area contributed by atoms with Gasteiger partial charge in [0.15, 0.2) is 0 Å². The highest BCUT2D eigenvalue weighted by Gasteiger charge is 2.34. The van der Waals surface area contributed by atoms with E-state index in [1.54, 1.807) is 0 Å². The van der Waals surface area contributed by atoms with Crippen LogP contribution in [0.1, 0.15) is 27.2 Å². The maximum absolute atomic E-state index is 12.0. The minimum Gasteiger partial charge on any atom is -0.462 e. The van der Waals surface area contributed by atoms with Crippen LogP contribution in [0.25, 0.3) is 0 Å². The molecule has 2 unspecified atom stereocenters. The van der Waals surface area contributed by atoms with Crippen LogP contribution in [0.3, 0.4) is 0 Å². The molecule has 23 heavy (non-hydrogen) atoms. The Hall–Kier alpha value is -1.60. The zero-order valence-corrected chi connectivity index (χ0v) is 14.9. The summed E-state index contributed by atoms with van der Waals surface area (Å²) in [6.07, 6.45) is 1.08. The highest BCUT2D eigenvalue weighted by Crippen LogP contribution is 2.36. The summed E-state index contributed by atoms with van der Waals surface area (Å²) in [6, 6.07) is 8.33. The van der Waals surface area contributed by atoms with Gasteiger partial charge in [0.05, 0.1) is 17.4 Å². The van der Waals surface area contributed by atoms with Crippen molar-refractivity contribution in [3.63, 3.8) is 0 Å². The number of hydrogen-bond donors (Lipinski definition) is 1. The second kappa shape index (κ2) is 7.31. The number of benzene rings is 1. The monoisotopic (exact) mass is 339 g/mol. The second-order valence-electron chi connectivity index (χ2n) is 6.73. The third kappa shape index (κ3) is 4.68. The predicted molar refractivity (Wildman–Crippen MR) is 93.5 cm³/mol. The molecule has 1 fully saturated rings. The first-order chi connectivity index (χ1) is 10.8. The first kappa shape index (κ1) is 17.7. The van der Waals surface area contributed by atoms with Crippen molar-refractivity contribution in [2.75, 3.05) is 29.2 Å². The Balaban J connectivity index is 0.000000236. The lowest BCUT2D eigenvalue weighted by atomic mass is 10.2. The van der Waals surface area contributed by atoms with Gasteiger partial charge in [0, 0.05) is 6.54 Å². The molecule has 128 valence electrons. The standard InChI is InChI=1S/C11H15N3OS.C5H10O2/c1-13-7-6-9(8-13)14-11-5-3-2-4-10(11)12-16(14)15;1-5(2,3)7-4-6/h2-5,9,12H,6-8H2,1H3;4H,1-3H3. The molecule has 2 aliphatic heterocycles. The third-order valence-corrected chi connectivity index (χ3v) is 4.86. The summed E-state index contributed by atoms with van der Waals surface area (Å²) >= 11 is -1.11. The fourth-order valence-corrected chi connectivity index (χ4v) is 3.80. The van der Waals surface area contributed by atoms with Gasteiger partial charge >= 0.3 is 0 Å². The van der Waals surface area contributed by atoms with E-state index in [2.05, 4.69) is 21.4 Å². The number of likely N-dealkylation sites (N-methyl/N-ethyl adjacent to an activating group) is 1. The van der Waals surface area contributed by atoms with Crippen molar-refractivity contribution in [3.8, 4) is 0 Å². The summed E-state index contributed by atoms with van der Waals surface area (Å²) in [5.41, 5.74) is 1.73. The summed E-state index contributed by atoms with van der Waals surface area (Å²) < 4.78 is 21.6. The number of nitrogens with one attached hydrogen (secondary N) is 1. The smallest absolute Gasteiger partial charge is 0.293 e. The Morgan fingerprint density at radius 1 is 1.35 bits per heavy atom. The van der Waals surface area contributed by atoms with Crippen molar-refractivity contribution in [2.45, 2.75) is 38.8 Å². The van der Waals surface area contributed by atoms with Crippen LogP contribution in [0.15, 0.2) is 24.3 Å². The molecule has 0 amide bonds. The van der Waals surface area contributed by atoms with E-state index in [4.69, 9.17) is 0 Å². The molecule has 2 atom stereocenters. The molecule has 0 radical (unpaired) electrons. The Morgan fingerprint density at radius 2 is 2.04 bits per heavy atom. The number of carbonyl (C=O) groups excluding carboxylic acids is 1. The minimum atomic E-state index is -1.11. The van der Waals surface area contributed by atoms with Gasteiger partial charge in [0.25, 0.3) is 6.47 Å². The third-order valence-electron chi connectivity index (χ3n) is 3.62. The van der Waals surface area contributed by atoms with E-state index in [1.807, 2.05) is 49.3 Å².